The van der Waals surface area contributed by atoms with Crippen molar-refractivity contribution in [1.29, 1.82) is 0 Å². The van der Waals surface area contributed by atoms with E-state index in [2.05, 4.69) is 83.2 Å². The second-order valence-corrected chi connectivity index (χ2v) is 30.5. The lowest BCUT2D eigenvalue weighted by Gasteiger charge is -2.21. The smallest absolute Gasteiger partial charge is 0.462 e. The number of ether oxygens (including phenoxy) is 4. The Morgan fingerprint density at radius 3 is 0.837 bits per heavy atom. The Morgan fingerprint density at radius 1 is 0.316 bits per heavy atom. The molecule has 0 radical (unpaired) electrons. The van der Waals surface area contributed by atoms with E-state index in [-0.39, 0.29) is 25.7 Å². The number of unbranched alkanes of at least 4 members (excludes halogenated alkanes) is 41. The maximum Gasteiger partial charge on any atom is 0.472 e. The summed E-state index contributed by atoms with van der Waals surface area (Å²) in [6.45, 7) is 7.19. The number of phosphoric acid groups is 2. The molecule has 19 heteroatoms. The largest absolute Gasteiger partial charge is 0.472 e. The highest BCUT2D eigenvalue weighted by atomic mass is 31.2. The minimum Gasteiger partial charge on any atom is -0.462 e. The third-order valence-electron chi connectivity index (χ3n) is 17.3. The molecular formula is C79H146O17P2. The summed E-state index contributed by atoms with van der Waals surface area (Å²) in [6.07, 6.45) is 66.7. The number of aliphatic hydroxyl groups is 1. The van der Waals surface area contributed by atoms with Crippen molar-refractivity contribution in [3.05, 3.63) is 48.6 Å². The van der Waals surface area contributed by atoms with Crippen molar-refractivity contribution in [3.63, 3.8) is 0 Å². The summed E-state index contributed by atoms with van der Waals surface area (Å²) < 4.78 is 68.5. The lowest BCUT2D eigenvalue weighted by Crippen LogP contribution is -2.30. The number of hydrogen-bond donors (Lipinski definition) is 3. The predicted molar refractivity (Wildman–Crippen MR) is 400 cm³/mol. The minimum absolute atomic E-state index is 0.0830. The summed E-state index contributed by atoms with van der Waals surface area (Å²) in [5, 5.41) is 10.6. The van der Waals surface area contributed by atoms with Crippen LogP contribution in [-0.2, 0) is 65.4 Å². The van der Waals surface area contributed by atoms with Crippen molar-refractivity contribution in [2.45, 2.75) is 387 Å². The van der Waals surface area contributed by atoms with Crippen molar-refractivity contribution >= 4 is 39.5 Å². The average molecular weight is 1430 g/mol. The molecule has 0 aromatic rings. The predicted octanol–water partition coefficient (Wildman–Crippen LogP) is 22.8. The number of esters is 4. The molecule has 5 atom stereocenters. The first kappa shape index (κ1) is 95.0. The van der Waals surface area contributed by atoms with Gasteiger partial charge in [-0.2, -0.15) is 0 Å². The van der Waals surface area contributed by atoms with Crippen LogP contribution in [0.3, 0.4) is 0 Å². The van der Waals surface area contributed by atoms with E-state index in [1.165, 1.54) is 161 Å². The average Bonchev–Trinajstić information content (AvgIpc) is 0.983. The van der Waals surface area contributed by atoms with E-state index >= 15 is 0 Å². The van der Waals surface area contributed by atoms with Crippen molar-refractivity contribution in [1.82, 2.24) is 0 Å². The van der Waals surface area contributed by atoms with Crippen LogP contribution in [0.15, 0.2) is 48.6 Å². The van der Waals surface area contributed by atoms with E-state index < -0.39 is 97.5 Å². The van der Waals surface area contributed by atoms with Gasteiger partial charge < -0.3 is 33.8 Å². The van der Waals surface area contributed by atoms with Gasteiger partial charge in [-0.05, 0) is 83.0 Å². The minimum atomic E-state index is -4.97. The zero-order valence-electron chi connectivity index (χ0n) is 62.9. The molecule has 574 valence electrons. The second kappa shape index (κ2) is 71.0. The fraction of sp³-hybridized carbons (Fsp3) is 0.848. The number of hydrogen-bond acceptors (Lipinski definition) is 15. The molecule has 2 unspecified atom stereocenters. The molecule has 0 aliphatic heterocycles. The molecule has 3 N–H and O–H groups in total. The highest BCUT2D eigenvalue weighted by Gasteiger charge is 2.30. The van der Waals surface area contributed by atoms with Gasteiger partial charge in [-0.15, -0.1) is 0 Å². The summed E-state index contributed by atoms with van der Waals surface area (Å²) in [4.78, 5) is 72.9. The van der Waals surface area contributed by atoms with Crippen molar-refractivity contribution < 1.29 is 80.2 Å². The molecule has 0 aromatic heterocycles. The summed E-state index contributed by atoms with van der Waals surface area (Å²) >= 11 is 0. The Kier molecular flexibility index (Phi) is 68.9. The Hall–Kier alpha value is -2.98. The van der Waals surface area contributed by atoms with Gasteiger partial charge in [-0.25, -0.2) is 9.13 Å². The molecule has 0 aromatic carbocycles. The molecule has 0 aliphatic carbocycles. The van der Waals surface area contributed by atoms with Crippen LogP contribution in [0.4, 0.5) is 0 Å². The molecule has 0 saturated heterocycles. The van der Waals surface area contributed by atoms with Crippen LogP contribution in [-0.4, -0.2) is 96.7 Å². The Labute approximate surface area is 597 Å². The van der Waals surface area contributed by atoms with Crippen molar-refractivity contribution in [2.75, 3.05) is 39.6 Å². The third kappa shape index (κ3) is 71.4. The van der Waals surface area contributed by atoms with Gasteiger partial charge in [0.25, 0.3) is 0 Å². The van der Waals surface area contributed by atoms with E-state index in [1.54, 1.807) is 0 Å². The molecule has 0 saturated carbocycles. The Balaban J connectivity index is 5.31. The van der Waals surface area contributed by atoms with Crippen LogP contribution in [0.1, 0.15) is 369 Å². The molecule has 0 heterocycles. The summed E-state index contributed by atoms with van der Waals surface area (Å²) in [5.41, 5.74) is 0. The highest BCUT2D eigenvalue weighted by molar-refractivity contribution is 7.47. The molecule has 0 bridgehead atoms. The number of phosphoric ester groups is 2. The molecular weight excluding hydrogens is 1280 g/mol. The summed E-state index contributed by atoms with van der Waals surface area (Å²) in [6, 6.07) is 0. The summed E-state index contributed by atoms with van der Waals surface area (Å²) in [5.74, 6) is -1.37. The van der Waals surface area contributed by atoms with Crippen LogP contribution in [0.5, 0.6) is 0 Å². The van der Waals surface area contributed by atoms with Gasteiger partial charge in [-0.3, -0.25) is 37.3 Å². The summed E-state index contributed by atoms with van der Waals surface area (Å²) in [7, 11) is -9.94. The first-order valence-electron chi connectivity index (χ1n) is 39.8. The monoisotopic (exact) mass is 1430 g/mol. The van der Waals surface area contributed by atoms with Gasteiger partial charge >= 0.3 is 39.5 Å². The SMILES string of the molecule is CCCCCC/C=C\C=C/CCCCCCCC(=O)OC[C@H](COP(=O)(O)OC[C@@H](O)COP(=O)(O)OC[C@@H](COC(=O)CCCCCCCCCCCC)OC(=O)CCCCCCC/C=C\C=C/CCCCCC)OC(=O)CCCCCCCCCCCCCCCCCC(C)C. The normalized spacial score (nSPS) is 14.2. The topological polar surface area (TPSA) is 237 Å². The van der Waals surface area contributed by atoms with E-state index in [1.807, 2.05) is 0 Å². The maximum absolute atomic E-state index is 13.1. The number of rotatable bonds is 75. The van der Waals surface area contributed by atoms with Gasteiger partial charge in [0.2, 0.25) is 0 Å². The van der Waals surface area contributed by atoms with E-state index in [9.17, 15) is 43.2 Å². The molecule has 0 spiro atoms. The number of carbonyl (C=O) groups is 4. The number of carbonyl (C=O) groups excluding carboxylic acids is 4. The first-order chi connectivity index (χ1) is 47.5. The molecule has 0 rings (SSSR count). The van der Waals surface area contributed by atoms with Gasteiger partial charge in [-0.1, -0.05) is 314 Å². The van der Waals surface area contributed by atoms with E-state index in [0.29, 0.717) is 25.7 Å². The zero-order chi connectivity index (χ0) is 71.9. The maximum atomic E-state index is 13.1. The van der Waals surface area contributed by atoms with E-state index in [4.69, 9.17) is 37.0 Å². The molecule has 98 heavy (non-hydrogen) atoms. The number of allylic oxidation sites excluding steroid dienone is 8. The van der Waals surface area contributed by atoms with Crippen LogP contribution < -0.4 is 0 Å². The molecule has 17 nitrogen and oxygen atoms in total. The molecule has 0 fully saturated rings. The zero-order valence-corrected chi connectivity index (χ0v) is 64.7. The fourth-order valence-corrected chi connectivity index (χ4v) is 12.7. The van der Waals surface area contributed by atoms with Gasteiger partial charge in [0.1, 0.15) is 19.3 Å². The third-order valence-corrected chi connectivity index (χ3v) is 19.2. The van der Waals surface area contributed by atoms with Crippen LogP contribution in [0.2, 0.25) is 0 Å². The van der Waals surface area contributed by atoms with E-state index in [0.717, 1.165) is 128 Å². The lowest BCUT2D eigenvalue weighted by molar-refractivity contribution is -0.161. The quantitative estimate of drug-likeness (QED) is 0.0169. The fourth-order valence-electron chi connectivity index (χ4n) is 11.2. The van der Waals surface area contributed by atoms with Crippen molar-refractivity contribution in [3.8, 4) is 0 Å². The standard InChI is InChI=1S/C79H146O17P2/c1-6-9-12-15-18-21-24-26-29-34-38-43-48-53-58-63-77(82)90-69-75(96-79(84)65-60-55-50-45-40-36-32-28-31-33-37-41-46-51-56-61-72(4)5)71-94-98(87,88)92-67-73(80)66-91-97(85,86)93-70-74(68-89-76(81)62-57-52-47-42-23-20-17-14-11-8-3)95-78(83)64-59-54-49-44-39-35-30-27-25-22-19-16-13-10-7-2/h21-22,24-27,29-30,72-75,80H,6-20,23,28,31-71H2,1-5H3,(H,85,86)(H,87,88)/b24-21-,25-22-,29-26-,30-27-/t73-,74+,75+/m0/s1. The van der Waals surface area contributed by atoms with Crippen molar-refractivity contribution in [2.24, 2.45) is 5.92 Å². The first-order valence-corrected chi connectivity index (χ1v) is 42.8. The Bertz CT molecular complexity index is 2060. The van der Waals surface area contributed by atoms with Gasteiger partial charge in [0.15, 0.2) is 12.2 Å². The molecule has 0 amide bonds. The number of aliphatic hydroxyl groups excluding tert-OH is 1. The van der Waals surface area contributed by atoms with Gasteiger partial charge in [0.05, 0.1) is 26.4 Å². The lowest BCUT2D eigenvalue weighted by atomic mass is 10.0. The van der Waals surface area contributed by atoms with Gasteiger partial charge in [0, 0.05) is 25.7 Å². The Morgan fingerprint density at radius 2 is 0.551 bits per heavy atom. The van der Waals surface area contributed by atoms with Crippen LogP contribution >= 0.6 is 15.6 Å². The van der Waals surface area contributed by atoms with Crippen LogP contribution in [0.25, 0.3) is 0 Å². The highest BCUT2D eigenvalue weighted by Crippen LogP contribution is 2.45. The van der Waals surface area contributed by atoms with Crippen LogP contribution in [0, 0.1) is 5.92 Å². The second-order valence-electron chi connectivity index (χ2n) is 27.6. The molecule has 0 aliphatic rings.